The zero-order valence-electron chi connectivity index (χ0n) is 26.8. The summed E-state index contributed by atoms with van der Waals surface area (Å²) in [6, 6.07) is 17.1. The van der Waals surface area contributed by atoms with Crippen LogP contribution in [0.25, 0.3) is 21.1 Å². The van der Waals surface area contributed by atoms with E-state index in [0.29, 0.717) is 24.4 Å². The first kappa shape index (κ1) is 43.7. The summed E-state index contributed by atoms with van der Waals surface area (Å²) >= 11 is 15.1. The van der Waals surface area contributed by atoms with Crippen LogP contribution in [-0.2, 0) is 4.74 Å². The Kier molecular flexibility index (Phi) is 19.9. The number of carbonyl (C=O) groups excluding carboxylic acids is 1. The van der Waals surface area contributed by atoms with Gasteiger partial charge in [0.25, 0.3) is 0 Å². The first-order valence-corrected chi connectivity index (χ1v) is 18.4. The van der Waals surface area contributed by atoms with Crippen LogP contribution >= 0.6 is 78.1 Å². The molecule has 0 amide bonds. The Labute approximate surface area is 326 Å². The lowest BCUT2D eigenvalue weighted by Gasteiger charge is -1.95. The number of aromatic nitrogens is 6. The van der Waals surface area contributed by atoms with E-state index in [0.717, 1.165) is 51.6 Å². The van der Waals surface area contributed by atoms with Gasteiger partial charge in [-0.05, 0) is 158 Å². The lowest BCUT2D eigenvalue weighted by Crippen LogP contribution is -2.29. The minimum atomic E-state index is -1.51. The number of hydrogen-bond acceptors (Lipinski definition) is 13. The quantitative estimate of drug-likeness (QED) is 0.0947. The molecule has 3 aromatic heterocycles. The van der Waals surface area contributed by atoms with Crippen molar-refractivity contribution in [2.45, 2.75) is 20.8 Å². The SMILES string of the molecule is C=C(C)OCC.CC(=O)c1nsc(-c2ccc(F)cc2)n1.Clc1nc(Br)ns1.Fc1ccc(-c2nc(Br)ns2)cc1.OB(O)c1ccc(F)cc1. The van der Waals surface area contributed by atoms with Gasteiger partial charge in [0.05, 0.1) is 12.4 Å². The summed E-state index contributed by atoms with van der Waals surface area (Å²) in [5, 5.41) is 18.5. The van der Waals surface area contributed by atoms with E-state index >= 15 is 0 Å². The van der Waals surface area contributed by atoms with Crippen LogP contribution in [0.15, 0.2) is 94.6 Å². The second-order valence-electron chi connectivity index (χ2n) is 9.24. The molecular formula is C31H27BBr2ClF3N6O4S3. The van der Waals surface area contributed by atoms with Crippen LogP contribution in [0.2, 0.25) is 4.47 Å². The average molecular weight is 907 g/mol. The molecule has 268 valence electrons. The summed E-state index contributed by atoms with van der Waals surface area (Å²) in [5.41, 5.74) is 1.94. The van der Waals surface area contributed by atoms with E-state index < -0.39 is 7.12 Å². The van der Waals surface area contributed by atoms with Crippen LogP contribution in [0.3, 0.4) is 0 Å². The molecule has 3 heterocycles. The molecule has 0 aliphatic heterocycles. The van der Waals surface area contributed by atoms with E-state index in [2.05, 4.69) is 66.5 Å². The van der Waals surface area contributed by atoms with Crippen molar-refractivity contribution in [1.29, 1.82) is 0 Å². The van der Waals surface area contributed by atoms with Gasteiger partial charge >= 0.3 is 7.12 Å². The summed E-state index contributed by atoms with van der Waals surface area (Å²) in [6.07, 6.45) is 0. The van der Waals surface area contributed by atoms with Gasteiger partial charge in [-0.25, -0.2) is 23.1 Å². The lowest BCUT2D eigenvalue weighted by molar-refractivity contribution is 0.100. The maximum absolute atomic E-state index is 12.6. The highest BCUT2D eigenvalue weighted by Gasteiger charge is 2.10. The maximum atomic E-state index is 12.6. The van der Waals surface area contributed by atoms with Gasteiger partial charge in [-0.2, -0.15) is 18.1 Å². The molecule has 51 heavy (non-hydrogen) atoms. The highest BCUT2D eigenvalue weighted by molar-refractivity contribution is 9.10. The lowest BCUT2D eigenvalue weighted by atomic mass is 9.80. The van der Waals surface area contributed by atoms with Crippen molar-refractivity contribution < 1.29 is 32.8 Å². The molecule has 0 aliphatic rings. The topological polar surface area (TPSA) is 144 Å². The third kappa shape index (κ3) is 17.6. The van der Waals surface area contributed by atoms with E-state index in [1.807, 2.05) is 13.8 Å². The molecule has 2 N–H and O–H groups in total. The molecule has 20 heteroatoms. The van der Waals surface area contributed by atoms with Crippen molar-refractivity contribution in [2.24, 2.45) is 0 Å². The van der Waals surface area contributed by atoms with Crippen molar-refractivity contribution in [2.75, 3.05) is 6.61 Å². The van der Waals surface area contributed by atoms with Gasteiger partial charge in [0.15, 0.2) is 5.78 Å². The molecule has 0 spiro atoms. The van der Waals surface area contributed by atoms with Crippen molar-refractivity contribution >= 4 is 96.4 Å². The van der Waals surface area contributed by atoms with E-state index in [9.17, 15) is 18.0 Å². The van der Waals surface area contributed by atoms with Crippen molar-refractivity contribution in [1.82, 2.24) is 28.1 Å². The monoisotopic (exact) mass is 904 g/mol. The number of carbonyl (C=O) groups is 1. The molecule has 0 fully saturated rings. The van der Waals surface area contributed by atoms with Crippen LogP contribution in [0.5, 0.6) is 0 Å². The Balaban J connectivity index is 0.000000230. The fraction of sp³-hybridized carbons (Fsp3) is 0.129. The van der Waals surface area contributed by atoms with Crippen LogP contribution in [0.1, 0.15) is 31.4 Å². The number of ether oxygens (including phenoxy) is 1. The highest BCUT2D eigenvalue weighted by Crippen LogP contribution is 2.23. The predicted octanol–water partition coefficient (Wildman–Crippen LogP) is 8.67. The predicted molar refractivity (Wildman–Crippen MR) is 204 cm³/mol. The molecule has 0 aliphatic carbocycles. The summed E-state index contributed by atoms with van der Waals surface area (Å²) < 4.78 is 55.4. The zero-order valence-corrected chi connectivity index (χ0v) is 33.2. The van der Waals surface area contributed by atoms with Crippen molar-refractivity contribution in [3.8, 4) is 21.1 Å². The Morgan fingerprint density at radius 1 is 0.765 bits per heavy atom. The van der Waals surface area contributed by atoms with E-state index in [-0.39, 0.29) is 29.1 Å². The summed E-state index contributed by atoms with van der Waals surface area (Å²) in [6.45, 7) is 9.44. The largest absolute Gasteiger partial charge is 0.499 e. The van der Waals surface area contributed by atoms with Gasteiger partial charge in [-0.1, -0.05) is 18.7 Å². The molecule has 0 saturated carbocycles. The average Bonchev–Trinajstić information content (AvgIpc) is 3.85. The van der Waals surface area contributed by atoms with E-state index in [1.165, 1.54) is 67.0 Å². The number of halogens is 6. The number of Topliss-reactive ketones (excluding diaryl/α,β-unsaturated/α-hetero) is 1. The number of hydrogen-bond donors (Lipinski definition) is 2. The fourth-order valence-corrected chi connectivity index (χ4v) is 5.97. The summed E-state index contributed by atoms with van der Waals surface area (Å²) in [5.74, 6) is -0.0942. The van der Waals surface area contributed by atoms with Gasteiger partial charge in [0.2, 0.25) is 19.8 Å². The van der Waals surface area contributed by atoms with Gasteiger partial charge < -0.3 is 14.8 Å². The summed E-state index contributed by atoms with van der Waals surface area (Å²) in [7, 11) is -1.51. The van der Waals surface area contributed by atoms with Crippen molar-refractivity contribution in [3.05, 3.63) is 122 Å². The van der Waals surface area contributed by atoms with Gasteiger partial charge in [-0.15, -0.1) is 0 Å². The van der Waals surface area contributed by atoms with Gasteiger partial charge in [0.1, 0.15) is 27.5 Å². The molecule has 10 nitrogen and oxygen atoms in total. The number of allylic oxidation sites excluding steroid dienone is 1. The second kappa shape index (κ2) is 23.2. The molecule has 0 radical (unpaired) electrons. The molecule has 6 rings (SSSR count). The minimum absolute atomic E-state index is 0.167. The molecule has 0 unspecified atom stereocenters. The molecule has 0 atom stereocenters. The highest BCUT2D eigenvalue weighted by atomic mass is 79.9. The minimum Gasteiger partial charge on any atom is -0.499 e. The van der Waals surface area contributed by atoms with E-state index in [1.54, 1.807) is 24.3 Å². The van der Waals surface area contributed by atoms with Gasteiger partial charge in [-0.3, -0.25) is 4.79 Å². The fourth-order valence-electron chi connectivity index (χ4n) is 3.06. The Hall–Kier alpha value is -3.43. The summed E-state index contributed by atoms with van der Waals surface area (Å²) in [4.78, 5) is 22.8. The molecule has 0 saturated heterocycles. The van der Waals surface area contributed by atoms with Crippen LogP contribution < -0.4 is 5.46 Å². The van der Waals surface area contributed by atoms with Crippen LogP contribution in [-0.4, -0.2) is 57.6 Å². The first-order chi connectivity index (χ1) is 24.2. The normalized spacial score (nSPS) is 9.71. The number of nitrogens with zero attached hydrogens (tertiary/aromatic N) is 6. The molecular weight excluding hydrogens is 880 g/mol. The Bertz CT molecular complexity index is 1920. The Morgan fingerprint density at radius 2 is 1.20 bits per heavy atom. The number of rotatable bonds is 6. The third-order valence-corrected chi connectivity index (χ3v) is 8.76. The maximum Gasteiger partial charge on any atom is 0.488 e. The first-order valence-electron chi connectivity index (χ1n) is 14.1. The number of benzene rings is 3. The van der Waals surface area contributed by atoms with Gasteiger partial charge in [0, 0.05) is 18.1 Å². The second-order valence-corrected chi connectivity index (χ2v) is 13.5. The molecule has 3 aromatic carbocycles. The molecule has 6 aromatic rings. The zero-order chi connectivity index (χ0) is 37.9. The molecule has 0 bridgehead atoms. The third-order valence-electron chi connectivity index (χ3n) is 5.26. The van der Waals surface area contributed by atoms with Crippen molar-refractivity contribution in [3.63, 3.8) is 0 Å². The van der Waals surface area contributed by atoms with Crippen LogP contribution in [0, 0.1) is 17.5 Å². The number of ketones is 1. The Morgan fingerprint density at radius 3 is 1.49 bits per heavy atom. The standard InChI is InChI=1S/C10H7FN2OS.C8H4BrFN2S.C6H6BFO2.C5H10O.C2BrClN2S/c1-6(14)9-12-10(15-13-9)7-2-4-8(11)5-3-7;9-8-11-7(13-12-8)5-1-3-6(10)4-2-5;8-6-3-1-5(2-4-6)7(9)10;1-4-6-5(2)3;3-1-5-2(4)7-6-1/h2-5H,1H3;1-4H;1-4,9-10H;2,4H2,1,3H3;. The van der Waals surface area contributed by atoms with Crippen LogP contribution in [0.4, 0.5) is 13.2 Å². The van der Waals surface area contributed by atoms with E-state index in [4.69, 9.17) is 26.4 Å². The smallest absolute Gasteiger partial charge is 0.488 e.